The Bertz CT molecular complexity index is 520. The predicted molar refractivity (Wildman–Crippen MR) is 77.3 cm³/mol. The SMILES string of the molecule is CC(=O)ON(C(=O)C(=O)C1CCCCC1)c1ccccc1. The van der Waals surface area contributed by atoms with Gasteiger partial charge >= 0.3 is 11.9 Å². The van der Waals surface area contributed by atoms with Crippen LogP contribution in [-0.4, -0.2) is 17.7 Å². The number of carbonyl (C=O) groups excluding carboxylic acids is 3. The van der Waals surface area contributed by atoms with Crippen molar-refractivity contribution in [3.05, 3.63) is 30.3 Å². The summed E-state index contributed by atoms with van der Waals surface area (Å²) in [7, 11) is 0. The molecular formula is C16H19NO4. The van der Waals surface area contributed by atoms with Crippen molar-refractivity contribution in [3.8, 4) is 0 Å². The maximum absolute atomic E-state index is 12.4. The lowest BCUT2D eigenvalue weighted by molar-refractivity contribution is -0.152. The highest BCUT2D eigenvalue weighted by atomic mass is 16.7. The molecular weight excluding hydrogens is 270 g/mol. The molecule has 0 unspecified atom stereocenters. The second-order valence-electron chi connectivity index (χ2n) is 5.22. The Balaban J connectivity index is 2.17. The minimum absolute atomic E-state index is 0.256. The zero-order valence-corrected chi connectivity index (χ0v) is 12.1. The average molecular weight is 289 g/mol. The van der Waals surface area contributed by atoms with Gasteiger partial charge in [0.1, 0.15) is 0 Å². The van der Waals surface area contributed by atoms with Gasteiger partial charge < -0.3 is 4.84 Å². The summed E-state index contributed by atoms with van der Waals surface area (Å²) in [6.07, 6.45) is 4.48. The molecule has 0 heterocycles. The van der Waals surface area contributed by atoms with E-state index in [4.69, 9.17) is 4.84 Å². The molecule has 0 spiro atoms. The van der Waals surface area contributed by atoms with Gasteiger partial charge in [-0.1, -0.05) is 37.5 Å². The van der Waals surface area contributed by atoms with Crippen LogP contribution in [0.2, 0.25) is 0 Å². The smallest absolute Gasteiger partial charge is 0.330 e. The Morgan fingerprint density at radius 3 is 2.24 bits per heavy atom. The third-order valence-corrected chi connectivity index (χ3v) is 3.58. The van der Waals surface area contributed by atoms with Gasteiger partial charge in [0.05, 0.1) is 5.69 Å². The first-order chi connectivity index (χ1) is 10.1. The summed E-state index contributed by atoms with van der Waals surface area (Å²) < 4.78 is 0. The Morgan fingerprint density at radius 1 is 1.05 bits per heavy atom. The third kappa shape index (κ3) is 3.90. The maximum Gasteiger partial charge on any atom is 0.330 e. The van der Waals surface area contributed by atoms with Crippen LogP contribution in [-0.2, 0) is 19.2 Å². The van der Waals surface area contributed by atoms with Crippen molar-refractivity contribution in [2.75, 3.05) is 5.06 Å². The monoisotopic (exact) mass is 289 g/mol. The summed E-state index contributed by atoms with van der Waals surface area (Å²) in [6.45, 7) is 1.20. The standard InChI is InChI=1S/C16H19NO4/c1-12(18)21-17(14-10-6-3-7-11-14)16(20)15(19)13-8-4-2-5-9-13/h3,6-7,10-11,13H,2,4-5,8-9H2,1H3. The summed E-state index contributed by atoms with van der Waals surface area (Å²) in [5.74, 6) is -2.14. The normalized spacial score (nSPS) is 15.3. The van der Waals surface area contributed by atoms with Crippen molar-refractivity contribution in [3.63, 3.8) is 0 Å². The van der Waals surface area contributed by atoms with Crippen molar-refractivity contribution in [1.29, 1.82) is 0 Å². The molecule has 0 aromatic heterocycles. The highest BCUT2D eigenvalue weighted by Gasteiger charge is 2.32. The van der Waals surface area contributed by atoms with E-state index in [1.54, 1.807) is 30.3 Å². The number of para-hydroxylation sites is 1. The van der Waals surface area contributed by atoms with Crippen molar-refractivity contribution in [1.82, 2.24) is 0 Å². The van der Waals surface area contributed by atoms with E-state index in [-0.39, 0.29) is 5.92 Å². The molecule has 0 N–H and O–H groups in total. The number of ketones is 1. The minimum Gasteiger partial charge on any atom is -0.333 e. The summed E-state index contributed by atoms with van der Waals surface area (Å²) >= 11 is 0. The summed E-state index contributed by atoms with van der Waals surface area (Å²) in [4.78, 5) is 40.8. The topological polar surface area (TPSA) is 63.7 Å². The minimum atomic E-state index is -0.775. The molecule has 1 aromatic rings. The molecule has 1 fully saturated rings. The Kier molecular flexibility index (Phi) is 5.09. The van der Waals surface area contributed by atoms with Crippen LogP contribution in [0.15, 0.2) is 30.3 Å². The van der Waals surface area contributed by atoms with Crippen LogP contribution < -0.4 is 5.06 Å². The van der Waals surface area contributed by atoms with E-state index in [0.717, 1.165) is 37.2 Å². The number of hydroxylamine groups is 1. The molecule has 1 saturated carbocycles. The molecule has 0 aliphatic heterocycles. The first-order valence-corrected chi connectivity index (χ1v) is 7.21. The molecule has 0 saturated heterocycles. The maximum atomic E-state index is 12.4. The lowest BCUT2D eigenvalue weighted by Crippen LogP contribution is -2.41. The quantitative estimate of drug-likeness (QED) is 0.634. The summed E-state index contributed by atoms with van der Waals surface area (Å²) in [6, 6.07) is 8.45. The van der Waals surface area contributed by atoms with E-state index in [0.29, 0.717) is 5.69 Å². The number of amides is 1. The fourth-order valence-corrected chi connectivity index (χ4v) is 2.54. The number of anilines is 1. The van der Waals surface area contributed by atoms with Crippen molar-refractivity contribution >= 4 is 23.3 Å². The second-order valence-corrected chi connectivity index (χ2v) is 5.22. The molecule has 1 amide bonds. The van der Waals surface area contributed by atoms with Crippen LogP contribution in [0.4, 0.5) is 5.69 Å². The Morgan fingerprint density at radius 2 is 1.67 bits per heavy atom. The van der Waals surface area contributed by atoms with Crippen molar-refractivity contribution in [2.45, 2.75) is 39.0 Å². The van der Waals surface area contributed by atoms with Gasteiger partial charge in [0.2, 0.25) is 5.78 Å². The molecule has 21 heavy (non-hydrogen) atoms. The molecule has 1 aliphatic rings. The summed E-state index contributed by atoms with van der Waals surface area (Å²) in [5.41, 5.74) is 0.377. The van der Waals surface area contributed by atoms with Crippen molar-refractivity contribution < 1.29 is 19.2 Å². The lowest BCUT2D eigenvalue weighted by atomic mass is 9.86. The van der Waals surface area contributed by atoms with Crippen LogP contribution in [0.25, 0.3) is 0 Å². The van der Waals surface area contributed by atoms with E-state index >= 15 is 0 Å². The molecule has 5 nitrogen and oxygen atoms in total. The molecule has 1 aromatic carbocycles. The zero-order valence-electron chi connectivity index (χ0n) is 12.1. The largest absolute Gasteiger partial charge is 0.333 e. The van der Waals surface area contributed by atoms with Gasteiger partial charge in [-0.3, -0.25) is 9.59 Å². The first kappa shape index (κ1) is 15.2. The molecule has 0 bridgehead atoms. The number of nitrogens with zero attached hydrogens (tertiary/aromatic N) is 1. The predicted octanol–water partition coefficient (Wildman–Crippen LogP) is 2.65. The highest BCUT2D eigenvalue weighted by molar-refractivity contribution is 6.41. The summed E-state index contributed by atoms with van der Waals surface area (Å²) in [5, 5.41) is 0.805. The molecule has 0 atom stereocenters. The Hall–Kier alpha value is -2.17. The molecule has 0 radical (unpaired) electrons. The Labute approximate surface area is 123 Å². The number of carbonyl (C=O) groups is 3. The second kappa shape index (κ2) is 7.02. The fourth-order valence-electron chi connectivity index (χ4n) is 2.54. The fraction of sp³-hybridized carbons (Fsp3) is 0.438. The van der Waals surface area contributed by atoms with E-state index < -0.39 is 17.7 Å². The molecule has 112 valence electrons. The van der Waals surface area contributed by atoms with Gasteiger partial charge in [-0.15, -0.1) is 5.06 Å². The number of Topliss-reactive ketones (excluding diaryl/α,β-unsaturated/α-hetero) is 1. The van der Waals surface area contributed by atoms with Crippen molar-refractivity contribution in [2.24, 2.45) is 5.92 Å². The van der Waals surface area contributed by atoms with Gasteiger partial charge in [0.25, 0.3) is 0 Å². The first-order valence-electron chi connectivity index (χ1n) is 7.21. The van der Waals surface area contributed by atoms with E-state index in [2.05, 4.69) is 0 Å². The van der Waals surface area contributed by atoms with E-state index in [1.807, 2.05) is 0 Å². The van der Waals surface area contributed by atoms with Gasteiger partial charge in [0.15, 0.2) is 0 Å². The van der Waals surface area contributed by atoms with E-state index in [9.17, 15) is 14.4 Å². The van der Waals surface area contributed by atoms with Gasteiger partial charge in [-0.25, -0.2) is 4.79 Å². The lowest BCUT2D eigenvalue weighted by Gasteiger charge is -2.24. The van der Waals surface area contributed by atoms with E-state index in [1.165, 1.54) is 6.92 Å². The van der Waals surface area contributed by atoms with Crippen LogP contribution in [0.5, 0.6) is 0 Å². The number of hydrogen-bond acceptors (Lipinski definition) is 4. The average Bonchev–Trinajstić information content (AvgIpc) is 2.53. The zero-order chi connectivity index (χ0) is 15.2. The van der Waals surface area contributed by atoms with Crippen LogP contribution >= 0.6 is 0 Å². The van der Waals surface area contributed by atoms with Gasteiger partial charge in [0, 0.05) is 12.8 Å². The van der Waals surface area contributed by atoms with Gasteiger partial charge in [-0.05, 0) is 25.0 Å². The number of hydrogen-bond donors (Lipinski definition) is 0. The van der Waals surface area contributed by atoms with Crippen LogP contribution in [0, 0.1) is 5.92 Å². The number of rotatable bonds is 3. The number of benzene rings is 1. The molecule has 2 rings (SSSR count). The molecule has 5 heteroatoms. The molecule has 1 aliphatic carbocycles. The van der Waals surface area contributed by atoms with Crippen LogP contribution in [0.1, 0.15) is 39.0 Å². The van der Waals surface area contributed by atoms with Crippen LogP contribution in [0.3, 0.4) is 0 Å². The third-order valence-electron chi connectivity index (χ3n) is 3.58. The van der Waals surface area contributed by atoms with Gasteiger partial charge in [-0.2, -0.15) is 0 Å². The highest BCUT2D eigenvalue weighted by Crippen LogP contribution is 2.26.